The van der Waals surface area contributed by atoms with E-state index >= 15 is 0 Å². The van der Waals surface area contributed by atoms with Crippen LogP contribution in [0.1, 0.15) is 0 Å². The molecule has 1 aromatic heterocycles. The highest BCUT2D eigenvalue weighted by atomic mass is 33.1. The zero-order valence-electron chi connectivity index (χ0n) is 6.90. The summed E-state index contributed by atoms with van der Waals surface area (Å²) >= 11 is 0. The Kier molecular flexibility index (Phi) is 5.44. The third kappa shape index (κ3) is 4.80. The Morgan fingerprint density at radius 2 is 2.46 bits per heavy atom. The molecule has 0 aromatic carbocycles. The Bertz CT molecular complexity index is 243. The quantitative estimate of drug-likeness (QED) is 0.441. The Morgan fingerprint density at radius 1 is 1.54 bits per heavy atom. The summed E-state index contributed by atoms with van der Waals surface area (Å²) in [4.78, 5) is 13.9. The molecule has 0 fully saturated rings. The highest BCUT2D eigenvalue weighted by Crippen LogP contribution is 2.27. The topological polar surface area (TPSA) is 42.0 Å². The van der Waals surface area contributed by atoms with Crippen molar-refractivity contribution < 1.29 is 4.79 Å². The molecule has 1 N–H and O–H groups in total. The molecule has 13 heavy (non-hydrogen) atoms. The van der Waals surface area contributed by atoms with Crippen molar-refractivity contribution in [2.24, 2.45) is 0 Å². The molecule has 0 spiro atoms. The summed E-state index contributed by atoms with van der Waals surface area (Å²) in [5.74, 6) is 0.858. The van der Waals surface area contributed by atoms with Crippen molar-refractivity contribution in [3.63, 3.8) is 0 Å². The van der Waals surface area contributed by atoms with E-state index in [1.807, 2.05) is 18.2 Å². The maximum absolute atomic E-state index is 9.77. The predicted octanol–water partition coefficient (Wildman–Crippen LogP) is 1.48. The van der Waals surface area contributed by atoms with Crippen LogP contribution in [0.15, 0.2) is 29.4 Å². The lowest BCUT2D eigenvalue weighted by molar-refractivity contribution is 0.544. The molecule has 1 heterocycles. The maximum atomic E-state index is 9.77. The first-order valence-electron chi connectivity index (χ1n) is 3.74. The first kappa shape index (κ1) is 10.4. The smallest absolute Gasteiger partial charge is 0.309 e. The van der Waals surface area contributed by atoms with Gasteiger partial charge in [0.15, 0.2) is 0 Å². The van der Waals surface area contributed by atoms with E-state index in [4.69, 9.17) is 0 Å². The minimum absolute atomic E-state index is 0.647. The van der Waals surface area contributed by atoms with Crippen molar-refractivity contribution in [3.05, 3.63) is 24.4 Å². The molecule has 0 bridgehead atoms. The number of amides is 1. The number of rotatable bonds is 6. The van der Waals surface area contributed by atoms with E-state index in [0.29, 0.717) is 6.54 Å². The Hall–Kier alpha value is -0.680. The first-order valence-corrected chi connectivity index (χ1v) is 6.06. The van der Waals surface area contributed by atoms with Gasteiger partial charge in [-0.15, -0.1) is 0 Å². The zero-order valence-corrected chi connectivity index (χ0v) is 8.53. The van der Waals surface area contributed by atoms with Gasteiger partial charge in [-0.05, 0) is 22.9 Å². The number of hydrogen-bond donors (Lipinski definition) is 1. The van der Waals surface area contributed by atoms with Crippen molar-refractivity contribution in [1.29, 1.82) is 0 Å². The van der Waals surface area contributed by atoms with Crippen LogP contribution in [0, 0.1) is 0 Å². The summed E-state index contributed by atoms with van der Waals surface area (Å²) in [5, 5.41) is 3.46. The zero-order chi connectivity index (χ0) is 9.36. The number of carbonyl (C=O) groups excluding carboxylic acids is 1. The van der Waals surface area contributed by atoms with Gasteiger partial charge in [-0.2, -0.15) is 0 Å². The van der Waals surface area contributed by atoms with Crippen LogP contribution in [-0.2, 0) is 4.79 Å². The van der Waals surface area contributed by atoms with Crippen LogP contribution in [0.5, 0.6) is 0 Å². The van der Waals surface area contributed by atoms with Crippen LogP contribution in [0.2, 0.25) is 0 Å². The molecule has 3 nitrogen and oxygen atoms in total. The molecule has 5 heteroatoms. The molecule has 0 aliphatic rings. The second kappa shape index (κ2) is 6.80. The summed E-state index contributed by atoms with van der Waals surface area (Å²) < 4.78 is 0. The van der Waals surface area contributed by atoms with E-state index in [-0.39, 0.29) is 0 Å². The van der Waals surface area contributed by atoms with Gasteiger partial charge in [0, 0.05) is 18.5 Å². The molecule has 0 aliphatic heterocycles. The van der Waals surface area contributed by atoms with Crippen LogP contribution >= 0.6 is 21.6 Å². The monoisotopic (exact) mass is 213 g/mol. The molecule has 69 valence electrons. The Morgan fingerprint density at radius 3 is 3.15 bits per heavy atom. The number of aromatic nitrogens is 1. The minimum atomic E-state index is 0.647. The third-order valence-electron chi connectivity index (χ3n) is 1.16. The average Bonchev–Trinajstić information content (AvgIpc) is 2.19. The molecule has 1 rings (SSSR count). The van der Waals surface area contributed by atoms with E-state index in [0.717, 1.165) is 10.8 Å². The SMILES string of the molecule is O=[C]NCCSSc1ccccn1. The number of nitrogens with one attached hydrogen (secondary N) is 1. The van der Waals surface area contributed by atoms with E-state index in [1.54, 1.807) is 34.2 Å². The van der Waals surface area contributed by atoms with Crippen molar-refractivity contribution in [3.8, 4) is 0 Å². The maximum Gasteiger partial charge on any atom is 0.309 e. The van der Waals surface area contributed by atoms with Gasteiger partial charge >= 0.3 is 6.41 Å². The van der Waals surface area contributed by atoms with Crippen molar-refractivity contribution in [2.75, 3.05) is 12.3 Å². The number of nitrogens with zero attached hydrogens (tertiary/aromatic N) is 1. The lowest BCUT2D eigenvalue weighted by Gasteiger charge is -1.98. The normalized spacial score (nSPS) is 9.54. The van der Waals surface area contributed by atoms with Crippen LogP contribution in [0.4, 0.5) is 0 Å². The molecular formula is C8H9N2OS2. The fourth-order valence-corrected chi connectivity index (χ4v) is 2.43. The standard InChI is InChI=1S/C8H9N2OS2/c11-7-9-5-6-12-13-8-3-1-2-4-10-8/h1-4H,5-6H2,(H,9,11). The molecule has 0 aliphatic carbocycles. The van der Waals surface area contributed by atoms with E-state index in [9.17, 15) is 4.79 Å². The van der Waals surface area contributed by atoms with Gasteiger partial charge in [0.05, 0.1) is 0 Å². The van der Waals surface area contributed by atoms with Gasteiger partial charge in [-0.25, -0.2) is 4.98 Å². The molecule has 1 radical (unpaired) electrons. The van der Waals surface area contributed by atoms with Crippen LogP contribution in [-0.4, -0.2) is 23.7 Å². The molecule has 0 saturated heterocycles. The van der Waals surface area contributed by atoms with Crippen molar-refractivity contribution >= 4 is 28.0 Å². The van der Waals surface area contributed by atoms with Gasteiger partial charge in [0.25, 0.3) is 0 Å². The molecule has 0 atom stereocenters. The fourth-order valence-electron chi connectivity index (χ4n) is 0.642. The largest absolute Gasteiger partial charge is 0.347 e. The van der Waals surface area contributed by atoms with Crippen LogP contribution in [0.25, 0.3) is 0 Å². The fraction of sp³-hybridized carbons (Fsp3) is 0.250. The minimum Gasteiger partial charge on any atom is -0.347 e. The van der Waals surface area contributed by atoms with E-state index in [2.05, 4.69) is 10.3 Å². The average molecular weight is 213 g/mol. The van der Waals surface area contributed by atoms with Crippen molar-refractivity contribution in [1.82, 2.24) is 10.3 Å². The summed E-state index contributed by atoms with van der Waals surface area (Å²) in [6, 6.07) is 5.79. The second-order valence-corrected chi connectivity index (χ2v) is 4.54. The molecule has 0 unspecified atom stereocenters. The summed E-state index contributed by atoms with van der Waals surface area (Å²) in [6.07, 6.45) is 3.39. The Labute approximate surface area is 85.1 Å². The van der Waals surface area contributed by atoms with Gasteiger partial charge < -0.3 is 5.32 Å². The summed E-state index contributed by atoms with van der Waals surface area (Å²) in [6.45, 7) is 0.647. The van der Waals surface area contributed by atoms with E-state index in [1.165, 1.54) is 0 Å². The van der Waals surface area contributed by atoms with E-state index < -0.39 is 0 Å². The van der Waals surface area contributed by atoms with Gasteiger partial charge in [0.1, 0.15) is 5.03 Å². The highest BCUT2D eigenvalue weighted by molar-refractivity contribution is 8.76. The number of pyridine rings is 1. The molecule has 1 amide bonds. The molecular weight excluding hydrogens is 204 g/mol. The Balaban J connectivity index is 2.10. The van der Waals surface area contributed by atoms with Gasteiger partial charge in [0.2, 0.25) is 0 Å². The van der Waals surface area contributed by atoms with Gasteiger partial charge in [-0.3, -0.25) is 4.79 Å². The first-order chi connectivity index (χ1) is 6.43. The third-order valence-corrected chi connectivity index (χ3v) is 3.43. The molecule has 0 saturated carbocycles. The van der Waals surface area contributed by atoms with Gasteiger partial charge in [-0.1, -0.05) is 16.9 Å². The van der Waals surface area contributed by atoms with Crippen molar-refractivity contribution in [2.45, 2.75) is 5.03 Å². The molecule has 1 aromatic rings. The highest BCUT2D eigenvalue weighted by Gasteiger charge is 1.93. The summed E-state index contributed by atoms with van der Waals surface area (Å²) in [5.41, 5.74) is 0. The lowest BCUT2D eigenvalue weighted by atomic mass is 10.5. The number of hydrogen-bond acceptors (Lipinski definition) is 4. The van der Waals surface area contributed by atoms with Crippen LogP contribution < -0.4 is 5.32 Å². The van der Waals surface area contributed by atoms with Crippen LogP contribution in [0.3, 0.4) is 0 Å². The second-order valence-electron chi connectivity index (χ2n) is 2.10. The predicted molar refractivity (Wildman–Crippen MR) is 56.2 cm³/mol. The summed E-state index contributed by atoms with van der Waals surface area (Å²) in [7, 11) is 3.27. The lowest BCUT2D eigenvalue weighted by Crippen LogP contribution is -2.13.